The maximum Gasteiger partial charge on any atom is 0.240 e. The van der Waals surface area contributed by atoms with Gasteiger partial charge in [0.2, 0.25) is 10.0 Å². The molecule has 0 spiro atoms. The molecule has 0 heterocycles. The Hall–Kier alpha value is -0.590. The number of rotatable bonds is 1. The molecule has 0 aromatic heterocycles. The standard InChI is InChI=1S/C6H7BrN2O2S/c7-4-1-2-6(5(8)3-4)12(9,10)11/h1-3H,8H2,(H2,9,10,11). The van der Waals surface area contributed by atoms with Gasteiger partial charge in [-0.15, -0.1) is 0 Å². The highest BCUT2D eigenvalue weighted by atomic mass is 79.9. The summed E-state index contributed by atoms with van der Waals surface area (Å²) in [4.78, 5) is -0.0503. The number of nitrogen functional groups attached to an aromatic ring is 1. The summed E-state index contributed by atoms with van der Waals surface area (Å²) in [5.74, 6) is 0. The summed E-state index contributed by atoms with van der Waals surface area (Å²) in [7, 11) is -3.70. The molecule has 0 aliphatic rings. The van der Waals surface area contributed by atoms with Gasteiger partial charge < -0.3 is 5.73 Å². The maximum atomic E-state index is 10.8. The van der Waals surface area contributed by atoms with Gasteiger partial charge in [0.25, 0.3) is 0 Å². The second-order valence-corrected chi connectivity index (χ2v) is 4.67. The lowest BCUT2D eigenvalue weighted by molar-refractivity contribution is 0.598. The van der Waals surface area contributed by atoms with Crippen LogP contribution in [-0.4, -0.2) is 8.42 Å². The predicted octanol–water partition coefficient (Wildman–Crippen LogP) is 0.679. The van der Waals surface area contributed by atoms with Crippen LogP contribution in [0.25, 0.3) is 0 Å². The minimum Gasteiger partial charge on any atom is -0.398 e. The summed E-state index contributed by atoms with van der Waals surface area (Å²) >= 11 is 3.15. The number of primary sulfonamides is 1. The highest BCUT2D eigenvalue weighted by Crippen LogP contribution is 2.21. The Bertz CT molecular complexity index is 402. The zero-order valence-corrected chi connectivity index (χ0v) is 8.39. The summed E-state index contributed by atoms with van der Waals surface area (Å²) in [5, 5.41) is 4.88. The van der Waals surface area contributed by atoms with Crippen LogP contribution in [0.3, 0.4) is 0 Å². The summed E-state index contributed by atoms with van der Waals surface area (Å²) in [6.07, 6.45) is 0. The van der Waals surface area contributed by atoms with Gasteiger partial charge in [0.1, 0.15) is 4.90 Å². The van der Waals surface area contributed by atoms with Crippen LogP contribution >= 0.6 is 15.9 Å². The molecular formula is C6H7BrN2O2S. The van der Waals surface area contributed by atoms with Crippen LogP contribution in [0.15, 0.2) is 27.6 Å². The summed E-state index contributed by atoms with van der Waals surface area (Å²) < 4.78 is 22.4. The lowest BCUT2D eigenvalue weighted by atomic mass is 10.3. The van der Waals surface area contributed by atoms with E-state index in [0.29, 0.717) is 4.47 Å². The summed E-state index contributed by atoms with van der Waals surface area (Å²) in [6, 6.07) is 4.41. The fourth-order valence-corrected chi connectivity index (χ4v) is 1.80. The van der Waals surface area contributed by atoms with Crippen LogP contribution in [0.5, 0.6) is 0 Å². The van der Waals surface area contributed by atoms with Gasteiger partial charge in [0.05, 0.1) is 5.69 Å². The first-order valence-electron chi connectivity index (χ1n) is 2.99. The van der Waals surface area contributed by atoms with E-state index in [4.69, 9.17) is 10.9 Å². The van der Waals surface area contributed by atoms with Crippen LogP contribution in [0.1, 0.15) is 0 Å². The molecule has 0 amide bonds. The monoisotopic (exact) mass is 250 g/mol. The van der Waals surface area contributed by atoms with Crippen molar-refractivity contribution < 1.29 is 8.42 Å². The molecule has 0 bridgehead atoms. The molecule has 0 radical (unpaired) electrons. The SMILES string of the molecule is Nc1cc(Br)ccc1S(N)(=O)=O. The van der Waals surface area contributed by atoms with Crippen molar-refractivity contribution in [3.8, 4) is 0 Å². The van der Waals surface area contributed by atoms with Gasteiger partial charge in [0.15, 0.2) is 0 Å². The summed E-state index contributed by atoms with van der Waals surface area (Å²) in [6.45, 7) is 0. The third-order valence-corrected chi connectivity index (χ3v) is 2.76. The first-order chi connectivity index (χ1) is 5.41. The molecule has 6 heteroatoms. The fourth-order valence-electron chi connectivity index (χ4n) is 0.778. The molecule has 0 fully saturated rings. The van der Waals surface area contributed by atoms with Crippen molar-refractivity contribution in [3.63, 3.8) is 0 Å². The molecule has 66 valence electrons. The van der Waals surface area contributed by atoms with Gasteiger partial charge >= 0.3 is 0 Å². The van der Waals surface area contributed by atoms with Crippen molar-refractivity contribution in [1.29, 1.82) is 0 Å². The van der Waals surface area contributed by atoms with Crippen molar-refractivity contribution in [3.05, 3.63) is 22.7 Å². The van der Waals surface area contributed by atoms with Gasteiger partial charge in [-0.05, 0) is 18.2 Å². The van der Waals surface area contributed by atoms with E-state index in [1.54, 1.807) is 6.07 Å². The van der Waals surface area contributed by atoms with E-state index in [9.17, 15) is 8.42 Å². The van der Waals surface area contributed by atoms with E-state index in [2.05, 4.69) is 15.9 Å². The molecule has 0 aliphatic heterocycles. The van der Waals surface area contributed by atoms with Crippen molar-refractivity contribution in [2.24, 2.45) is 5.14 Å². The Balaban J connectivity index is 3.39. The Labute approximate surface area is 78.7 Å². The zero-order valence-electron chi connectivity index (χ0n) is 5.99. The number of sulfonamides is 1. The van der Waals surface area contributed by atoms with E-state index in [1.165, 1.54) is 12.1 Å². The molecule has 1 aromatic rings. The van der Waals surface area contributed by atoms with E-state index in [1.807, 2.05) is 0 Å². The molecule has 0 aliphatic carbocycles. The number of anilines is 1. The van der Waals surface area contributed by atoms with Crippen molar-refractivity contribution >= 4 is 31.6 Å². The van der Waals surface area contributed by atoms with Gasteiger partial charge in [-0.25, -0.2) is 13.6 Å². The molecule has 0 unspecified atom stereocenters. The molecule has 12 heavy (non-hydrogen) atoms. The average Bonchev–Trinajstić information content (AvgIpc) is 1.83. The number of hydrogen-bond acceptors (Lipinski definition) is 3. The van der Waals surface area contributed by atoms with E-state index in [0.717, 1.165) is 0 Å². The Morgan fingerprint density at radius 2 is 1.92 bits per heavy atom. The first-order valence-corrected chi connectivity index (χ1v) is 5.33. The molecule has 1 rings (SSSR count). The van der Waals surface area contributed by atoms with Crippen molar-refractivity contribution in [2.75, 3.05) is 5.73 Å². The number of nitrogens with two attached hydrogens (primary N) is 2. The second kappa shape index (κ2) is 3.04. The topological polar surface area (TPSA) is 86.2 Å². The van der Waals surface area contributed by atoms with Gasteiger partial charge in [-0.1, -0.05) is 15.9 Å². The van der Waals surface area contributed by atoms with Crippen LogP contribution in [0.4, 0.5) is 5.69 Å². The number of halogens is 1. The van der Waals surface area contributed by atoms with E-state index < -0.39 is 10.0 Å². The molecule has 0 saturated carbocycles. The van der Waals surface area contributed by atoms with Crippen LogP contribution in [0.2, 0.25) is 0 Å². The van der Waals surface area contributed by atoms with Crippen molar-refractivity contribution in [2.45, 2.75) is 4.90 Å². The highest BCUT2D eigenvalue weighted by molar-refractivity contribution is 9.10. The zero-order chi connectivity index (χ0) is 9.35. The van der Waals surface area contributed by atoms with Crippen LogP contribution < -0.4 is 10.9 Å². The number of benzene rings is 1. The van der Waals surface area contributed by atoms with E-state index >= 15 is 0 Å². The molecule has 1 aromatic carbocycles. The highest BCUT2D eigenvalue weighted by Gasteiger charge is 2.11. The van der Waals surface area contributed by atoms with Crippen LogP contribution in [0, 0.1) is 0 Å². The predicted molar refractivity (Wildman–Crippen MR) is 49.9 cm³/mol. The van der Waals surface area contributed by atoms with Gasteiger partial charge in [-0.2, -0.15) is 0 Å². The third-order valence-electron chi connectivity index (χ3n) is 1.28. The molecule has 0 saturated heterocycles. The minimum atomic E-state index is -3.70. The minimum absolute atomic E-state index is 0.0503. The largest absolute Gasteiger partial charge is 0.398 e. The lowest BCUT2D eigenvalue weighted by Gasteiger charge is -2.02. The molecule has 4 nitrogen and oxygen atoms in total. The van der Waals surface area contributed by atoms with Gasteiger partial charge in [-0.3, -0.25) is 0 Å². The quantitative estimate of drug-likeness (QED) is 0.719. The smallest absolute Gasteiger partial charge is 0.240 e. The molecule has 0 atom stereocenters. The Morgan fingerprint density at radius 1 is 1.33 bits per heavy atom. The maximum absolute atomic E-state index is 10.8. The summed E-state index contributed by atoms with van der Waals surface area (Å²) in [5.41, 5.74) is 5.56. The number of hydrogen-bond donors (Lipinski definition) is 2. The average molecular weight is 251 g/mol. The fraction of sp³-hybridized carbons (Fsp3) is 0. The molecular weight excluding hydrogens is 244 g/mol. The van der Waals surface area contributed by atoms with Gasteiger partial charge in [0, 0.05) is 4.47 Å². The lowest BCUT2D eigenvalue weighted by Crippen LogP contribution is -2.14. The molecule has 4 N–H and O–H groups in total. The second-order valence-electron chi connectivity index (χ2n) is 2.23. The Morgan fingerprint density at radius 3 is 2.33 bits per heavy atom. The normalized spacial score (nSPS) is 11.5. The van der Waals surface area contributed by atoms with Crippen LogP contribution in [-0.2, 0) is 10.0 Å². The Kier molecular flexibility index (Phi) is 2.41. The first kappa shape index (κ1) is 9.50. The van der Waals surface area contributed by atoms with Crippen molar-refractivity contribution in [1.82, 2.24) is 0 Å². The third kappa shape index (κ3) is 1.96. The van der Waals surface area contributed by atoms with E-state index in [-0.39, 0.29) is 10.6 Å².